The Morgan fingerprint density at radius 2 is 1.82 bits per heavy atom. The fourth-order valence-electron chi connectivity index (χ4n) is 2.81. The summed E-state index contributed by atoms with van der Waals surface area (Å²) in [5.74, 6) is 0.158. The second-order valence-electron chi connectivity index (χ2n) is 6.20. The Hall–Kier alpha value is -3.55. The Labute approximate surface area is 162 Å². The van der Waals surface area contributed by atoms with Crippen molar-refractivity contribution in [2.45, 2.75) is 19.4 Å². The van der Waals surface area contributed by atoms with Gasteiger partial charge in [0.15, 0.2) is 6.10 Å². The quantitative estimate of drug-likeness (QED) is 0.766. The fourth-order valence-corrected chi connectivity index (χ4v) is 2.81. The number of hydrazine groups is 1. The van der Waals surface area contributed by atoms with Crippen molar-refractivity contribution in [3.8, 4) is 11.5 Å². The summed E-state index contributed by atoms with van der Waals surface area (Å²) in [7, 11) is 1.54. The van der Waals surface area contributed by atoms with Crippen LogP contribution in [0.4, 0.5) is 5.69 Å². The number of ether oxygens (including phenoxy) is 2. The molecule has 1 unspecified atom stereocenters. The van der Waals surface area contributed by atoms with Crippen molar-refractivity contribution < 1.29 is 23.9 Å². The fraction of sp³-hybridized carbons (Fsp3) is 0.250. The third-order valence-electron chi connectivity index (χ3n) is 4.30. The van der Waals surface area contributed by atoms with E-state index in [4.69, 9.17) is 9.47 Å². The molecule has 3 amide bonds. The molecule has 1 heterocycles. The van der Waals surface area contributed by atoms with Crippen LogP contribution < -0.4 is 25.2 Å². The molecule has 1 aliphatic rings. The van der Waals surface area contributed by atoms with Gasteiger partial charge in [0.25, 0.3) is 11.8 Å². The summed E-state index contributed by atoms with van der Waals surface area (Å²) in [5.41, 5.74) is 5.72. The maximum Gasteiger partial charge on any atom is 0.269 e. The minimum Gasteiger partial charge on any atom is -0.497 e. The van der Waals surface area contributed by atoms with Crippen LogP contribution >= 0.6 is 0 Å². The predicted octanol–water partition coefficient (Wildman–Crippen LogP) is 1.66. The molecule has 0 aliphatic carbocycles. The number of fused-ring (bicyclic) bond motifs is 1. The van der Waals surface area contributed by atoms with Crippen molar-refractivity contribution in [3.05, 3.63) is 54.1 Å². The van der Waals surface area contributed by atoms with Gasteiger partial charge >= 0.3 is 0 Å². The molecule has 0 spiro atoms. The van der Waals surface area contributed by atoms with Gasteiger partial charge in [0.05, 0.1) is 12.8 Å². The summed E-state index contributed by atoms with van der Waals surface area (Å²) in [5, 5.41) is 0. The Balaban J connectivity index is 1.54. The average molecular weight is 383 g/mol. The first-order valence-corrected chi connectivity index (χ1v) is 8.80. The van der Waals surface area contributed by atoms with Gasteiger partial charge in [-0.05, 0) is 43.3 Å². The zero-order valence-corrected chi connectivity index (χ0v) is 15.6. The van der Waals surface area contributed by atoms with Gasteiger partial charge in [0, 0.05) is 18.5 Å². The van der Waals surface area contributed by atoms with Crippen molar-refractivity contribution in [3.63, 3.8) is 0 Å². The van der Waals surface area contributed by atoms with Crippen LogP contribution in [0, 0.1) is 0 Å². The van der Waals surface area contributed by atoms with Gasteiger partial charge in [0.2, 0.25) is 5.91 Å². The van der Waals surface area contributed by atoms with Crippen molar-refractivity contribution in [2.24, 2.45) is 0 Å². The van der Waals surface area contributed by atoms with E-state index in [1.54, 1.807) is 49.4 Å². The van der Waals surface area contributed by atoms with Crippen LogP contribution in [0.1, 0.15) is 23.7 Å². The minimum atomic E-state index is -0.618. The third-order valence-corrected chi connectivity index (χ3v) is 4.30. The molecule has 0 radical (unpaired) electrons. The molecule has 8 nitrogen and oxygen atoms in total. The number of hydrogen-bond acceptors (Lipinski definition) is 5. The number of para-hydroxylation sites is 2. The van der Waals surface area contributed by atoms with Crippen LogP contribution in [0.5, 0.6) is 11.5 Å². The molecule has 0 saturated carbocycles. The zero-order valence-electron chi connectivity index (χ0n) is 15.6. The Kier molecular flexibility index (Phi) is 5.78. The molecule has 2 aromatic carbocycles. The van der Waals surface area contributed by atoms with Gasteiger partial charge < -0.3 is 14.4 Å². The highest BCUT2D eigenvalue weighted by Crippen LogP contribution is 2.33. The van der Waals surface area contributed by atoms with E-state index >= 15 is 0 Å². The molecule has 2 aromatic rings. The lowest BCUT2D eigenvalue weighted by atomic mass is 10.1. The van der Waals surface area contributed by atoms with Gasteiger partial charge in [-0.1, -0.05) is 12.1 Å². The molecule has 2 N–H and O–H groups in total. The lowest BCUT2D eigenvalue weighted by Gasteiger charge is -2.32. The van der Waals surface area contributed by atoms with Crippen LogP contribution in [-0.2, 0) is 9.59 Å². The summed E-state index contributed by atoms with van der Waals surface area (Å²) >= 11 is 0. The van der Waals surface area contributed by atoms with E-state index in [1.807, 2.05) is 6.07 Å². The molecule has 8 heteroatoms. The van der Waals surface area contributed by atoms with Gasteiger partial charge in [-0.3, -0.25) is 25.2 Å². The molecule has 0 bridgehead atoms. The van der Waals surface area contributed by atoms with Crippen LogP contribution in [0.15, 0.2) is 48.5 Å². The number of nitrogens with one attached hydrogen (secondary N) is 2. The SMILES string of the molecule is COc1ccc(C(=O)NNC(=O)CCN2C(=O)C(C)Oc3ccccc32)cc1. The third kappa shape index (κ3) is 4.22. The predicted molar refractivity (Wildman–Crippen MR) is 102 cm³/mol. The first kappa shape index (κ1) is 19.2. The summed E-state index contributed by atoms with van der Waals surface area (Å²) in [4.78, 5) is 38.1. The van der Waals surface area contributed by atoms with E-state index in [-0.39, 0.29) is 18.9 Å². The van der Waals surface area contributed by atoms with Crippen molar-refractivity contribution >= 4 is 23.4 Å². The summed E-state index contributed by atoms with van der Waals surface area (Å²) in [6.07, 6.45) is -0.594. The van der Waals surface area contributed by atoms with Crippen molar-refractivity contribution in [1.82, 2.24) is 10.9 Å². The van der Waals surface area contributed by atoms with Crippen molar-refractivity contribution in [2.75, 3.05) is 18.6 Å². The van der Waals surface area contributed by atoms with E-state index in [9.17, 15) is 14.4 Å². The van der Waals surface area contributed by atoms with E-state index < -0.39 is 17.9 Å². The number of rotatable bonds is 5. The average Bonchev–Trinajstić information content (AvgIpc) is 2.72. The van der Waals surface area contributed by atoms with Crippen LogP contribution in [0.25, 0.3) is 0 Å². The first-order chi connectivity index (χ1) is 13.5. The molecule has 146 valence electrons. The van der Waals surface area contributed by atoms with Gasteiger partial charge in [-0.25, -0.2) is 0 Å². The van der Waals surface area contributed by atoms with E-state index in [0.29, 0.717) is 22.7 Å². The number of benzene rings is 2. The molecule has 3 rings (SSSR count). The number of methoxy groups -OCH3 is 1. The maximum absolute atomic E-state index is 12.4. The topological polar surface area (TPSA) is 97.0 Å². The summed E-state index contributed by atoms with van der Waals surface area (Å²) in [6, 6.07) is 13.6. The van der Waals surface area contributed by atoms with Crippen LogP contribution in [0.2, 0.25) is 0 Å². The number of anilines is 1. The van der Waals surface area contributed by atoms with Crippen molar-refractivity contribution in [1.29, 1.82) is 0 Å². The number of carbonyl (C=O) groups is 3. The van der Waals surface area contributed by atoms with Gasteiger partial charge in [-0.2, -0.15) is 0 Å². The lowest BCUT2D eigenvalue weighted by Crippen LogP contribution is -2.47. The number of hydrogen-bond donors (Lipinski definition) is 2. The Bertz CT molecular complexity index is 882. The van der Waals surface area contributed by atoms with E-state index in [0.717, 1.165) is 0 Å². The molecular weight excluding hydrogens is 362 g/mol. The van der Waals surface area contributed by atoms with Crippen LogP contribution in [-0.4, -0.2) is 37.5 Å². The minimum absolute atomic E-state index is 0.0235. The molecule has 0 aromatic heterocycles. The normalized spacial score (nSPS) is 15.3. The standard InChI is InChI=1S/C20H21N3O5/c1-13-20(26)23(16-5-3-4-6-17(16)28-13)12-11-18(24)21-22-19(25)14-7-9-15(27-2)10-8-14/h3-10,13H,11-12H2,1-2H3,(H,21,24)(H,22,25). The highest BCUT2D eigenvalue weighted by molar-refractivity contribution is 6.00. The smallest absolute Gasteiger partial charge is 0.269 e. The largest absolute Gasteiger partial charge is 0.497 e. The Morgan fingerprint density at radius 3 is 2.54 bits per heavy atom. The van der Waals surface area contributed by atoms with Gasteiger partial charge in [-0.15, -0.1) is 0 Å². The second kappa shape index (κ2) is 8.43. The van der Waals surface area contributed by atoms with Gasteiger partial charge in [0.1, 0.15) is 11.5 Å². The molecule has 0 saturated heterocycles. The molecular formula is C20H21N3O5. The molecule has 28 heavy (non-hydrogen) atoms. The Morgan fingerprint density at radius 1 is 1.11 bits per heavy atom. The summed E-state index contributed by atoms with van der Waals surface area (Å²) < 4.78 is 10.6. The monoisotopic (exact) mass is 383 g/mol. The highest BCUT2D eigenvalue weighted by Gasteiger charge is 2.31. The molecule has 0 fully saturated rings. The summed E-state index contributed by atoms with van der Waals surface area (Å²) in [6.45, 7) is 1.84. The van der Waals surface area contributed by atoms with E-state index in [2.05, 4.69) is 10.9 Å². The van der Waals surface area contributed by atoms with E-state index in [1.165, 1.54) is 12.0 Å². The number of nitrogens with zero attached hydrogens (tertiary/aromatic N) is 1. The number of carbonyl (C=O) groups excluding carboxylic acids is 3. The zero-order chi connectivity index (χ0) is 20.1. The molecule has 1 atom stereocenters. The maximum atomic E-state index is 12.4. The first-order valence-electron chi connectivity index (χ1n) is 8.80. The highest BCUT2D eigenvalue weighted by atomic mass is 16.5. The molecule has 1 aliphatic heterocycles. The second-order valence-corrected chi connectivity index (χ2v) is 6.20. The van der Waals surface area contributed by atoms with Crippen LogP contribution in [0.3, 0.4) is 0 Å². The number of amides is 3. The lowest BCUT2D eigenvalue weighted by molar-refractivity contribution is -0.125.